The van der Waals surface area contributed by atoms with E-state index in [1.807, 2.05) is 74.4 Å². The van der Waals surface area contributed by atoms with Crippen LogP contribution in [0.15, 0.2) is 18.3 Å². The van der Waals surface area contributed by atoms with Crippen molar-refractivity contribution < 1.29 is 18.8 Å². The average molecular weight is 419 g/mol. The van der Waals surface area contributed by atoms with E-state index in [0.29, 0.717) is 13.1 Å². The number of anilines is 1. The summed E-state index contributed by atoms with van der Waals surface area (Å²) in [5.41, 5.74) is -0.389. The number of ether oxygens (including phenoxy) is 1. The third kappa shape index (κ3) is 6.11. The minimum absolute atomic E-state index is 0.0536. The number of carbonyl (C=O) groups is 1. The summed E-state index contributed by atoms with van der Waals surface area (Å²) in [5.74, 6) is 0.717. The molecule has 0 unspecified atom stereocenters. The first-order chi connectivity index (χ1) is 13.8. The van der Waals surface area contributed by atoms with Gasteiger partial charge in [-0.05, 0) is 79.4 Å². The smallest absolute Gasteiger partial charge is 0.444 e. The van der Waals surface area contributed by atoms with Crippen molar-refractivity contribution in [3.63, 3.8) is 0 Å². The van der Waals surface area contributed by atoms with E-state index in [1.165, 1.54) is 0 Å². The van der Waals surface area contributed by atoms with Gasteiger partial charge in [0.15, 0.2) is 0 Å². The summed E-state index contributed by atoms with van der Waals surface area (Å²) in [7, 11) is -0.436. The average Bonchev–Trinajstić information content (AvgIpc) is 2.84. The van der Waals surface area contributed by atoms with Crippen LogP contribution in [-0.2, 0) is 14.0 Å². The Morgan fingerprint density at radius 3 is 2.40 bits per heavy atom. The first-order valence-corrected chi connectivity index (χ1v) is 10.8. The largest absolute Gasteiger partial charge is 0.495 e. The normalized spacial score (nSPS) is 18.8. The van der Waals surface area contributed by atoms with Crippen LogP contribution in [0.2, 0.25) is 0 Å². The third-order valence-electron chi connectivity index (χ3n) is 5.51. The van der Waals surface area contributed by atoms with E-state index in [0.717, 1.165) is 17.7 Å². The van der Waals surface area contributed by atoms with Crippen molar-refractivity contribution >= 4 is 24.5 Å². The molecule has 2 heterocycles. The third-order valence-corrected chi connectivity index (χ3v) is 5.51. The maximum absolute atomic E-state index is 12.6. The number of nitrogens with one attached hydrogen (secondary N) is 1. The van der Waals surface area contributed by atoms with Gasteiger partial charge in [-0.15, -0.1) is 0 Å². The molecule has 1 fully saturated rings. The molecule has 0 spiro atoms. The second-order valence-corrected chi connectivity index (χ2v) is 9.97. The molecule has 2 rings (SSSR count). The number of pyridine rings is 1. The predicted molar refractivity (Wildman–Crippen MR) is 121 cm³/mol. The van der Waals surface area contributed by atoms with Crippen LogP contribution in [0.5, 0.6) is 0 Å². The molecule has 1 saturated heterocycles. The van der Waals surface area contributed by atoms with Gasteiger partial charge in [-0.1, -0.05) is 6.92 Å². The maximum atomic E-state index is 12.6. The van der Waals surface area contributed by atoms with Crippen LogP contribution in [0, 0.1) is 0 Å². The zero-order chi connectivity index (χ0) is 22.7. The summed E-state index contributed by atoms with van der Waals surface area (Å²) in [6, 6.07) is 3.79. The summed E-state index contributed by atoms with van der Waals surface area (Å²) in [4.78, 5) is 18.7. The number of aromatic nitrogens is 1. The maximum Gasteiger partial charge on any atom is 0.495 e. The molecule has 8 heteroatoms. The fourth-order valence-electron chi connectivity index (χ4n) is 3.08. The van der Waals surface area contributed by atoms with E-state index >= 15 is 0 Å². The van der Waals surface area contributed by atoms with Gasteiger partial charge < -0.3 is 24.3 Å². The molecule has 0 saturated carbocycles. The number of hydrogen-bond donors (Lipinski definition) is 1. The van der Waals surface area contributed by atoms with Gasteiger partial charge in [0.1, 0.15) is 11.4 Å². The van der Waals surface area contributed by atoms with E-state index in [9.17, 15) is 4.79 Å². The molecule has 0 aliphatic carbocycles. The molecule has 0 aromatic carbocycles. The standard InChI is InChI=1S/C22H38BN3O4/c1-10-13-26(19(27)28-20(3,4)5)16(2)15-25-18-14-17(11-12-24-18)23-29-21(6,7)22(8,9)30-23/h11-12,14,16H,10,13,15H2,1-9H3,(H,24,25)/t16-/m0/s1. The number of nitrogens with zero attached hydrogens (tertiary/aromatic N) is 2. The molecule has 0 radical (unpaired) electrons. The van der Waals surface area contributed by atoms with Crippen LogP contribution in [-0.4, -0.2) is 59.0 Å². The molecule has 0 bridgehead atoms. The lowest BCUT2D eigenvalue weighted by molar-refractivity contribution is 0.00578. The van der Waals surface area contributed by atoms with Crippen LogP contribution in [0.1, 0.15) is 68.7 Å². The Kier molecular flexibility index (Phi) is 7.46. The van der Waals surface area contributed by atoms with Gasteiger partial charge >= 0.3 is 13.2 Å². The van der Waals surface area contributed by atoms with Crippen LogP contribution in [0.3, 0.4) is 0 Å². The Balaban J connectivity index is 2.03. The fourth-order valence-corrected chi connectivity index (χ4v) is 3.08. The van der Waals surface area contributed by atoms with E-state index in [2.05, 4.69) is 10.3 Å². The topological polar surface area (TPSA) is 72.9 Å². The molecular formula is C22H38BN3O4. The highest BCUT2D eigenvalue weighted by atomic mass is 16.7. The van der Waals surface area contributed by atoms with Crippen molar-refractivity contribution in [2.45, 2.75) is 91.6 Å². The molecule has 7 nitrogen and oxygen atoms in total. The van der Waals surface area contributed by atoms with Gasteiger partial charge in [-0.3, -0.25) is 0 Å². The first-order valence-electron chi connectivity index (χ1n) is 10.8. The van der Waals surface area contributed by atoms with Crippen LogP contribution < -0.4 is 10.8 Å². The minimum Gasteiger partial charge on any atom is -0.444 e. The van der Waals surface area contributed by atoms with Gasteiger partial charge in [0, 0.05) is 25.3 Å². The van der Waals surface area contributed by atoms with Gasteiger partial charge in [0.05, 0.1) is 11.2 Å². The fraction of sp³-hybridized carbons (Fsp3) is 0.727. The molecular weight excluding hydrogens is 381 g/mol. The number of hydrogen-bond acceptors (Lipinski definition) is 6. The number of carbonyl (C=O) groups excluding carboxylic acids is 1. The van der Waals surface area contributed by atoms with Crippen LogP contribution >= 0.6 is 0 Å². The Morgan fingerprint density at radius 1 is 1.27 bits per heavy atom. The Labute approximate surface area is 182 Å². The Morgan fingerprint density at radius 2 is 1.87 bits per heavy atom. The molecule has 1 aliphatic rings. The van der Waals surface area contributed by atoms with E-state index in [-0.39, 0.29) is 12.1 Å². The molecule has 1 atom stereocenters. The van der Waals surface area contributed by atoms with Crippen LogP contribution in [0.4, 0.5) is 10.6 Å². The molecule has 1 aliphatic heterocycles. The highest BCUT2D eigenvalue weighted by molar-refractivity contribution is 6.62. The molecule has 1 N–H and O–H groups in total. The number of rotatable bonds is 7. The lowest BCUT2D eigenvalue weighted by Gasteiger charge is -2.32. The van der Waals surface area contributed by atoms with Gasteiger partial charge in [0.25, 0.3) is 0 Å². The van der Waals surface area contributed by atoms with Crippen molar-refractivity contribution in [1.82, 2.24) is 9.88 Å². The van der Waals surface area contributed by atoms with Crippen molar-refractivity contribution in [3.05, 3.63) is 18.3 Å². The van der Waals surface area contributed by atoms with Crippen molar-refractivity contribution in [2.24, 2.45) is 0 Å². The quantitative estimate of drug-likeness (QED) is 0.678. The van der Waals surface area contributed by atoms with E-state index in [4.69, 9.17) is 14.0 Å². The lowest BCUT2D eigenvalue weighted by atomic mass is 9.80. The van der Waals surface area contributed by atoms with E-state index < -0.39 is 23.9 Å². The zero-order valence-corrected chi connectivity index (χ0v) is 20.0. The summed E-state index contributed by atoms with van der Waals surface area (Å²) in [6.07, 6.45) is 2.31. The Hall–Kier alpha value is -1.80. The van der Waals surface area contributed by atoms with E-state index in [1.54, 1.807) is 11.1 Å². The van der Waals surface area contributed by atoms with Gasteiger partial charge in [-0.2, -0.15) is 0 Å². The second kappa shape index (κ2) is 9.14. The van der Waals surface area contributed by atoms with Gasteiger partial charge in [-0.25, -0.2) is 9.78 Å². The SMILES string of the molecule is CCCN(C(=O)OC(C)(C)C)[C@@H](C)CNc1cc(B2OC(C)(C)C(C)(C)O2)ccn1. The molecule has 30 heavy (non-hydrogen) atoms. The van der Waals surface area contributed by atoms with Gasteiger partial charge in [0.2, 0.25) is 0 Å². The summed E-state index contributed by atoms with van der Waals surface area (Å²) >= 11 is 0. The van der Waals surface area contributed by atoms with Crippen LogP contribution in [0.25, 0.3) is 0 Å². The molecule has 1 amide bonds. The summed E-state index contributed by atoms with van der Waals surface area (Å²) < 4.78 is 17.8. The summed E-state index contributed by atoms with van der Waals surface area (Å²) in [6.45, 7) is 19.0. The number of amides is 1. The summed E-state index contributed by atoms with van der Waals surface area (Å²) in [5, 5.41) is 3.33. The second-order valence-electron chi connectivity index (χ2n) is 9.97. The first kappa shape index (κ1) is 24.5. The molecule has 1 aromatic heterocycles. The highest BCUT2D eigenvalue weighted by Crippen LogP contribution is 2.36. The molecule has 168 valence electrons. The molecule has 1 aromatic rings. The van der Waals surface area contributed by atoms with Crippen molar-refractivity contribution in [2.75, 3.05) is 18.4 Å². The lowest BCUT2D eigenvalue weighted by Crippen LogP contribution is -2.45. The highest BCUT2D eigenvalue weighted by Gasteiger charge is 2.51. The van der Waals surface area contributed by atoms with Crippen molar-refractivity contribution in [1.29, 1.82) is 0 Å². The Bertz CT molecular complexity index is 717. The van der Waals surface area contributed by atoms with Crippen molar-refractivity contribution in [3.8, 4) is 0 Å². The zero-order valence-electron chi connectivity index (χ0n) is 20.0. The monoisotopic (exact) mass is 419 g/mol. The predicted octanol–water partition coefficient (Wildman–Crippen LogP) is 3.83. The minimum atomic E-state index is -0.519.